The Kier molecular flexibility index (Phi) is 6.36. The number of fused-ring (bicyclic) bond motifs is 2. The van der Waals surface area contributed by atoms with Crippen molar-refractivity contribution < 1.29 is 0 Å². The number of likely N-dealkylation sites (N-methyl/N-ethyl adjacent to an activating group) is 1. The zero-order valence-electron chi connectivity index (χ0n) is 13.5. The number of nitrogens with zero attached hydrogens (tertiary/aromatic N) is 2. The number of anilines is 1. The quantitative estimate of drug-likeness (QED) is 0.756. The van der Waals surface area contributed by atoms with Crippen molar-refractivity contribution in [3.8, 4) is 0 Å². The van der Waals surface area contributed by atoms with Crippen LogP contribution >= 0.6 is 0 Å². The Bertz CT molecular complexity index is 356. The predicted octanol–water partition coefficient (Wildman–Crippen LogP) is 3.94. The first-order chi connectivity index (χ1) is 9.24. The number of hydrogen-bond donors (Lipinski definition) is 0. The molecule has 2 heterocycles. The Balaban J connectivity index is 0.000000415. The van der Waals surface area contributed by atoms with E-state index in [4.69, 9.17) is 0 Å². The molecule has 3 rings (SSSR count). The number of benzene rings is 1. The van der Waals surface area contributed by atoms with E-state index in [9.17, 15) is 0 Å². The van der Waals surface area contributed by atoms with E-state index in [0.717, 1.165) is 12.1 Å². The second-order valence-corrected chi connectivity index (χ2v) is 4.97. The fourth-order valence-corrected chi connectivity index (χ4v) is 2.92. The molecule has 0 radical (unpaired) electrons. The first-order valence-corrected chi connectivity index (χ1v) is 7.77. The van der Waals surface area contributed by atoms with Crippen LogP contribution < -0.4 is 4.90 Å². The Labute approximate surface area is 119 Å². The molecular weight excluding hydrogens is 232 g/mol. The lowest BCUT2D eigenvalue weighted by Gasteiger charge is -2.33. The average molecular weight is 262 g/mol. The zero-order chi connectivity index (χ0) is 14.4. The molecule has 2 heteroatoms. The summed E-state index contributed by atoms with van der Waals surface area (Å²) in [5.41, 5.74) is 2.75. The maximum Gasteiger partial charge on any atom is 0.0433 e. The first-order valence-electron chi connectivity index (χ1n) is 7.77. The SMILES string of the molecule is CC.CC.Cc1ccc(N2CC3CC2CN3C)cc1. The van der Waals surface area contributed by atoms with E-state index in [1.54, 1.807) is 0 Å². The van der Waals surface area contributed by atoms with Gasteiger partial charge in [-0.1, -0.05) is 45.4 Å². The summed E-state index contributed by atoms with van der Waals surface area (Å²) in [6.07, 6.45) is 1.35. The van der Waals surface area contributed by atoms with Crippen molar-refractivity contribution in [3.05, 3.63) is 29.8 Å². The van der Waals surface area contributed by atoms with Gasteiger partial charge in [0.25, 0.3) is 0 Å². The fraction of sp³-hybridized carbons (Fsp3) is 0.647. The van der Waals surface area contributed by atoms with Gasteiger partial charge in [0.15, 0.2) is 0 Å². The number of hydrogen-bond acceptors (Lipinski definition) is 2. The molecule has 2 bridgehead atoms. The van der Waals surface area contributed by atoms with E-state index in [0.29, 0.717) is 0 Å². The van der Waals surface area contributed by atoms with E-state index >= 15 is 0 Å². The number of likely N-dealkylation sites (tertiary alicyclic amines) is 1. The third kappa shape index (κ3) is 3.50. The molecule has 19 heavy (non-hydrogen) atoms. The molecule has 2 aliphatic heterocycles. The van der Waals surface area contributed by atoms with Gasteiger partial charge in [-0.15, -0.1) is 0 Å². The number of piperazine rings is 1. The molecule has 0 aliphatic carbocycles. The van der Waals surface area contributed by atoms with Crippen LogP contribution in [0.5, 0.6) is 0 Å². The van der Waals surface area contributed by atoms with Crippen LogP contribution in [0.3, 0.4) is 0 Å². The van der Waals surface area contributed by atoms with Crippen LogP contribution in [0.15, 0.2) is 24.3 Å². The van der Waals surface area contributed by atoms with Gasteiger partial charge >= 0.3 is 0 Å². The summed E-state index contributed by atoms with van der Waals surface area (Å²) in [4.78, 5) is 5.07. The monoisotopic (exact) mass is 262 g/mol. The molecule has 2 nitrogen and oxygen atoms in total. The van der Waals surface area contributed by atoms with Crippen LogP contribution in [0.4, 0.5) is 5.69 Å². The molecule has 0 N–H and O–H groups in total. The highest BCUT2D eigenvalue weighted by molar-refractivity contribution is 5.50. The average Bonchev–Trinajstić information content (AvgIpc) is 3.03. The van der Waals surface area contributed by atoms with Gasteiger partial charge in [0.2, 0.25) is 0 Å². The lowest BCUT2D eigenvalue weighted by atomic mass is 10.2. The van der Waals surface area contributed by atoms with E-state index in [1.165, 1.54) is 30.8 Å². The van der Waals surface area contributed by atoms with E-state index in [-0.39, 0.29) is 0 Å². The highest BCUT2D eigenvalue weighted by Crippen LogP contribution is 2.33. The zero-order valence-corrected chi connectivity index (χ0v) is 13.5. The molecule has 0 amide bonds. The van der Waals surface area contributed by atoms with Crippen molar-refractivity contribution in [2.75, 3.05) is 25.0 Å². The molecule has 2 saturated heterocycles. The maximum atomic E-state index is 2.57. The van der Waals surface area contributed by atoms with Gasteiger partial charge in [-0.2, -0.15) is 0 Å². The molecule has 1 aromatic rings. The van der Waals surface area contributed by atoms with Crippen molar-refractivity contribution in [1.29, 1.82) is 0 Å². The number of rotatable bonds is 1. The molecule has 108 valence electrons. The molecule has 2 atom stereocenters. The topological polar surface area (TPSA) is 6.48 Å². The van der Waals surface area contributed by atoms with Gasteiger partial charge in [-0.3, -0.25) is 4.90 Å². The van der Waals surface area contributed by atoms with Crippen LogP contribution in [-0.4, -0.2) is 37.1 Å². The molecule has 2 fully saturated rings. The Morgan fingerprint density at radius 1 is 0.895 bits per heavy atom. The summed E-state index contributed by atoms with van der Waals surface area (Å²) in [6.45, 7) is 12.6. The molecule has 0 aromatic heterocycles. The Morgan fingerprint density at radius 2 is 1.47 bits per heavy atom. The summed E-state index contributed by atoms with van der Waals surface area (Å²) in [5, 5.41) is 0. The molecule has 0 spiro atoms. The molecule has 1 aromatic carbocycles. The minimum atomic E-state index is 0.753. The van der Waals surface area contributed by atoms with Crippen molar-refractivity contribution in [2.45, 2.75) is 53.1 Å². The van der Waals surface area contributed by atoms with Crippen LogP contribution in [0.2, 0.25) is 0 Å². The minimum absolute atomic E-state index is 0.753. The Morgan fingerprint density at radius 3 is 1.89 bits per heavy atom. The highest BCUT2D eigenvalue weighted by atomic mass is 15.3. The smallest absolute Gasteiger partial charge is 0.0433 e. The molecular formula is C17H30N2. The third-order valence-electron chi connectivity index (χ3n) is 3.88. The second-order valence-electron chi connectivity index (χ2n) is 4.97. The van der Waals surface area contributed by atoms with Gasteiger partial charge in [0.1, 0.15) is 0 Å². The van der Waals surface area contributed by atoms with Gasteiger partial charge < -0.3 is 4.90 Å². The third-order valence-corrected chi connectivity index (χ3v) is 3.88. The van der Waals surface area contributed by atoms with Crippen LogP contribution in [0.1, 0.15) is 39.7 Å². The van der Waals surface area contributed by atoms with Crippen LogP contribution in [-0.2, 0) is 0 Å². The van der Waals surface area contributed by atoms with E-state index < -0.39 is 0 Å². The lowest BCUT2D eigenvalue weighted by Crippen LogP contribution is -2.44. The summed E-state index contributed by atoms with van der Waals surface area (Å²) >= 11 is 0. The molecule has 0 saturated carbocycles. The maximum absolute atomic E-state index is 2.57. The standard InChI is InChI=1S/C13H18N2.2C2H6/c1-10-3-5-11(6-4-10)15-9-12-7-13(15)8-14(12)2;2*1-2/h3-6,12-13H,7-9H2,1-2H3;2*1-2H3. The largest absolute Gasteiger partial charge is 0.366 e. The van der Waals surface area contributed by atoms with Crippen molar-refractivity contribution in [1.82, 2.24) is 4.90 Å². The predicted molar refractivity (Wildman–Crippen MR) is 86.0 cm³/mol. The van der Waals surface area contributed by atoms with Crippen molar-refractivity contribution in [3.63, 3.8) is 0 Å². The van der Waals surface area contributed by atoms with Gasteiger partial charge in [0.05, 0.1) is 0 Å². The summed E-state index contributed by atoms with van der Waals surface area (Å²) in [7, 11) is 2.25. The minimum Gasteiger partial charge on any atom is -0.366 e. The normalized spacial score (nSPS) is 24.4. The second kappa shape index (κ2) is 7.54. The van der Waals surface area contributed by atoms with Crippen LogP contribution in [0.25, 0.3) is 0 Å². The summed E-state index contributed by atoms with van der Waals surface area (Å²) in [5.74, 6) is 0. The van der Waals surface area contributed by atoms with Gasteiger partial charge in [-0.05, 0) is 32.5 Å². The van der Waals surface area contributed by atoms with Crippen molar-refractivity contribution in [2.24, 2.45) is 0 Å². The van der Waals surface area contributed by atoms with E-state index in [1.807, 2.05) is 27.7 Å². The van der Waals surface area contributed by atoms with Gasteiger partial charge in [0, 0.05) is 30.9 Å². The summed E-state index contributed by atoms with van der Waals surface area (Å²) < 4.78 is 0. The number of aryl methyl sites for hydroxylation is 1. The van der Waals surface area contributed by atoms with Crippen LogP contribution in [0, 0.1) is 6.92 Å². The molecule has 2 aliphatic rings. The van der Waals surface area contributed by atoms with Crippen molar-refractivity contribution >= 4 is 5.69 Å². The first kappa shape index (κ1) is 16.0. The summed E-state index contributed by atoms with van der Waals surface area (Å²) in [6, 6.07) is 10.5. The molecule has 2 unspecified atom stereocenters. The Hall–Kier alpha value is -1.02. The highest BCUT2D eigenvalue weighted by Gasteiger charge is 2.41. The van der Waals surface area contributed by atoms with E-state index in [2.05, 4.69) is 48.0 Å². The lowest BCUT2D eigenvalue weighted by molar-refractivity contribution is 0.292. The van der Waals surface area contributed by atoms with Gasteiger partial charge in [-0.25, -0.2) is 0 Å². The fourth-order valence-electron chi connectivity index (χ4n) is 2.92.